The number of guanidine groups is 1. The van der Waals surface area contributed by atoms with Crippen molar-refractivity contribution in [3.05, 3.63) is 17.7 Å². The lowest BCUT2D eigenvalue weighted by atomic mass is 9.83. The van der Waals surface area contributed by atoms with Crippen LogP contribution in [0, 0.1) is 5.41 Å². The van der Waals surface area contributed by atoms with Crippen LogP contribution in [0.5, 0.6) is 17.2 Å². The van der Waals surface area contributed by atoms with Crippen molar-refractivity contribution in [3.8, 4) is 17.2 Å². The summed E-state index contributed by atoms with van der Waals surface area (Å²) in [5.74, 6) is 2.69. The van der Waals surface area contributed by atoms with Crippen LogP contribution < -0.4 is 24.8 Å². The van der Waals surface area contributed by atoms with Gasteiger partial charge in [0.1, 0.15) is 0 Å². The average Bonchev–Trinajstić information content (AvgIpc) is 3.22. The smallest absolute Gasteiger partial charge is 0.203 e. The van der Waals surface area contributed by atoms with E-state index in [0.29, 0.717) is 29.2 Å². The van der Waals surface area contributed by atoms with E-state index in [4.69, 9.17) is 23.9 Å². The van der Waals surface area contributed by atoms with Gasteiger partial charge in [-0.25, -0.2) is 4.99 Å². The minimum Gasteiger partial charge on any atom is -0.493 e. The fraction of sp³-hybridized carbons (Fsp3) is 0.682. The Labute approximate surface area is 175 Å². The predicted molar refractivity (Wildman–Crippen MR) is 116 cm³/mol. The van der Waals surface area contributed by atoms with E-state index in [1.165, 1.54) is 25.7 Å². The highest BCUT2D eigenvalue weighted by atomic mass is 16.5. The van der Waals surface area contributed by atoms with Crippen LogP contribution in [0.4, 0.5) is 0 Å². The number of aliphatic imine (C=N–C) groups is 1. The van der Waals surface area contributed by atoms with Crippen LogP contribution >= 0.6 is 0 Å². The minimum atomic E-state index is 0.299. The minimum absolute atomic E-state index is 0.299. The van der Waals surface area contributed by atoms with Crippen LogP contribution in [0.3, 0.4) is 0 Å². The molecular formula is C22H37N3O4. The Balaban J connectivity index is 2.12. The van der Waals surface area contributed by atoms with Gasteiger partial charge in [0.05, 0.1) is 27.9 Å². The van der Waals surface area contributed by atoms with Gasteiger partial charge < -0.3 is 29.6 Å². The summed E-state index contributed by atoms with van der Waals surface area (Å²) < 4.78 is 21.8. The number of hydrogen-bond acceptors (Lipinski definition) is 5. The third-order valence-electron chi connectivity index (χ3n) is 5.67. The van der Waals surface area contributed by atoms with Crippen molar-refractivity contribution >= 4 is 5.96 Å². The van der Waals surface area contributed by atoms with Crippen LogP contribution in [0.2, 0.25) is 0 Å². The Hall–Kier alpha value is -2.15. The molecule has 29 heavy (non-hydrogen) atoms. The third-order valence-corrected chi connectivity index (χ3v) is 5.67. The Morgan fingerprint density at radius 1 is 1.00 bits per heavy atom. The molecule has 0 saturated heterocycles. The topological polar surface area (TPSA) is 73.3 Å². The molecule has 7 heteroatoms. The fourth-order valence-electron chi connectivity index (χ4n) is 4.02. The molecule has 0 aliphatic heterocycles. The lowest BCUT2D eigenvalue weighted by Crippen LogP contribution is -2.43. The third kappa shape index (κ3) is 6.16. The van der Waals surface area contributed by atoms with E-state index in [1.807, 2.05) is 12.1 Å². The molecule has 0 heterocycles. The Morgan fingerprint density at radius 3 is 2.31 bits per heavy atom. The SMILES string of the molecule is CCNC(=NCc1ccc(OC)c(OC)c1OC)NCC1(CCOC)CCCC1. The first-order valence-electron chi connectivity index (χ1n) is 10.4. The molecule has 1 saturated carbocycles. The first kappa shape index (κ1) is 23.1. The second-order valence-electron chi connectivity index (χ2n) is 7.49. The summed E-state index contributed by atoms with van der Waals surface area (Å²) in [7, 11) is 6.64. The van der Waals surface area contributed by atoms with Crippen LogP contribution in [-0.4, -0.2) is 54.1 Å². The monoisotopic (exact) mass is 407 g/mol. The summed E-state index contributed by atoms with van der Waals surface area (Å²) in [6.45, 7) is 5.07. The van der Waals surface area contributed by atoms with Gasteiger partial charge in [-0.2, -0.15) is 0 Å². The molecule has 164 valence electrons. The molecule has 2 N–H and O–H groups in total. The summed E-state index contributed by atoms with van der Waals surface area (Å²) in [5.41, 5.74) is 1.24. The van der Waals surface area contributed by atoms with Crippen LogP contribution in [0.1, 0.15) is 44.6 Å². The number of nitrogens with zero attached hydrogens (tertiary/aromatic N) is 1. The molecule has 1 fully saturated rings. The van der Waals surface area contributed by atoms with Crippen molar-refractivity contribution in [1.29, 1.82) is 0 Å². The normalized spacial score (nSPS) is 15.8. The standard InChI is InChI=1S/C22H37N3O4/c1-6-23-21(25-16-22(13-14-26-2)11-7-8-12-22)24-15-17-9-10-18(27-3)20(29-5)19(17)28-4/h9-10H,6-8,11-16H2,1-5H3,(H2,23,24,25). The quantitative estimate of drug-likeness (QED) is 0.433. The summed E-state index contributed by atoms with van der Waals surface area (Å²) in [4.78, 5) is 4.78. The van der Waals surface area contributed by atoms with Gasteiger partial charge in [0.25, 0.3) is 0 Å². The van der Waals surface area contributed by atoms with Gasteiger partial charge in [0.15, 0.2) is 17.5 Å². The second-order valence-corrected chi connectivity index (χ2v) is 7.49. The Morgan fingerprint density at radius 2 is 1.72 bits per heavy atom. The van der Waals surface area contributed by atoms with E-state index >= 15 is 0 Å². The summed E-state index contributed by atoms with van der Waals surface area (Å²) in [6.07, 6.45) is 6.15. The first-order valence-corrected chi connectivity index (χ1v) is 10.4. The maximum atomic E-state index is 5.57. The number of methoxy groups -OCH3 is 4. The van der Waals surface area contributed by atoms with Crippen LogP contribution in [-0.2, 0) is 11.3 Å². The highest BCUT2D eigenvalue weighted by Gasteiger charge is 2.33. The zero-order valence-electron chi connectivity index (χ0n) is 18.6. The highest BCUT2D eigenvalue weighted by Crippen LogP contribution is 2.41. The van der Waals surface area contributed by atoms with Crippen LogP contribution in [0.15, 0.2) is 17.1 Å². The van der Waals surface area contributed by atoms with Gasteiger partial charge in [0, 0.05) is 32.4 Å². The van der Waals surface area contributed by atoms with Gasteiger partial charge in [-0.3, -0.25) is 0 Å². The van der Waals surface area contributed by atoms with Crippen LogP contribution in [0.25, 0.3) is 0 Å². The molecule has 0 bridgehead atoms. The summed E-state index contributed by atoms with van der Waals surface area (Å²) in [6, 6.07) is 3.84. The van der Waals surface area contributed by atoms with Gasteiger partial charge >= 0.3 is 0 Å². The maximum absolute atomic E-state index is 5.57. The number of benzene rings is 1. The van der Waals surface area contributed by atoms with Crippen molar-refractivity contribution in [3.63, 3.8) is 0 Å². The van der Waals surface area contributed by atoms with Gasteiger partial charge in [-0.05, 0) is 43.7 Å². The van der Waals surface area contributed by atoms with E-state index in [2.05, 4.69) is 17.6 Å². The summed E-state index contributed by atoms with van der Waals surface area (Å²) in [5, 5.41) is 6.91. The zero-order valence-corrected chi connectivity index (χ0v) is 18.6. The van der Waals surface area contributed by atoms with E-state index in [0.717, 1.165) is 37.6 Å². The molecule has 0 atom stereocenters. The molecule has 0 unspecified atom stereocenters. The molecule has 1 aromatic rings. The summed E-state index contributed by atoms with van der Waals surface area (Å²) >= 11 is 0. The first-order chi connectivity index (χ1) is 14.1. The lowest BCUT2D eigenvalue weighted by Gasteiger charge is -2.30. The molecule has 1 aliphatic rings. The van der Waals surface area contributed by atoms with E-state index in [1.54, 1.807) is 28.4 Å². The largest absolute Gasteiger partial charge is 0.493 e. The molecule has 0 amide bonds. The molecule has 2 rings (SSSR count). The Bertz CT molecular complexity index is 658. The van der Waals surface area contributed by atoms with E-state index < -0.39 is 0 Å². The zero-order chi connectivity index (χ0) is 21.1. The van der Waals surface area contributed by atoms with E-state index in [9.17, 15) is 0 Å². The molecule has 0 spiro atoms. The molecule has 0 radical (unpaired) electrons. The number of ether oxygens (including phenoxy) is 4. The molecule has 1 aromatic carbocycles. The fourth-order valence-corrected chi connectivity index (χ4v) is 4.02. The molecular weight excluding hydrogens is 370 g/mol. The van der Waals surface area contributed by atoms with Crippen molar-refractivity contribution in [2.45, 2.75) is 45.6 Å². The van der Waals surface area contributed by atoms with Gasteiger partial charge in [-0.15, -0.1) is 0 Å². The van der Waals surface area contributed by atoms with Crippen molar-refractivity contribution in [1.82, 2.24) is 10.6 Å². The lowest BCUT2D eigenvalue weighted by molar-refractivity contribution is 0.138. The highest BCUT2D eigenvalue weighted by molar-refractivity contribution is 5.79. The predicted octanol–water partition coefficient (Wildman–Crippen LogP) is 3.36. The van der Waals surface area contributed by atoms with Crippen molar-refractivity contribution in [2.75, 3.05) is 48.1 Å². The Kier molecular flexibility index (Phi) is 9.38. The van der Waals surface area contributed by atoms with Gasteiger partial charge in [-0.1, -0.05) is 12.8 Å². The average molecular weight is 408 g/mol. The van der Waals surface area contributed by atoms with Gasteiger partial charge in [0.2, 0.25) is 5.75 Å². The van der Waals surface area contributed by atoms with Crippen molar-refractivity contribution in [2.24, 2.45) is 10.4 Å². The molecule has 0 aromatic heterocycles. The molecule has 1 aliphatic carbocycles. The molecule has 7 nitrogen and oxygen atoms in total. The number of hydrogen-bond donors (Lipinski definition) is 2. The van der Waals surface area contributed by atoms with E-state index in [-0.39, 0.29) is 0 Å². The second kappa shape index (κ2) is 11.8. The maximum Gasteiger partial charge on any atom is 0.203 e. The van der Waals surface area contributed by atoms with Crippen molar-refractivity contribution < 1.29 is 18.9 Å². The number of nitrogens with one attached hydrogen (secondary N) is 2. The number of rotatable bonds is 11.